The second kappa shape index (κ2) is 4.63. The molecular formula is C5H12N2O2S2. The first kappa shape index (κ1) is 10.8. The molecule has 0 heterocycles. The van der Waals surface area contributed by atoms with Crippen molar-refractivity contribution in [3.05, 3.63) is 0 Å². The fraction of sp³-hybridized carbons (Fsp3) is 0.800. The molecule has 0 bridgehead atoms. The molecule has 0 aromatic rings. The average Bonchev–Trinajstić information content (AvgIpc) is 1.87. The Labute approximate surface area is 72.2 Å². The van der Waals surface area contributed by atoms with Crippen molar-refractivity contribution in [2.45, 2.75) is 13.3 Å². The number of hydrogen-bond acceptors (Lipinski definition) is 3. The van der Waals surface area contributed by atoms with E-state index in [2.05, 4.69) is 16.9 Å². The van der Waals surface area contributed by atoms with Crippen molar-refractivity contribution in [2.75, 3.05) is 12.3 Å². The minimum absolute atomic E-state index is 0.0876. The summed E-state index contributed by atoms with van der Waals surface area (Å²) in [5.41, 5.74) is 5.16. The van der Waals surface area contributed by atoms with Crippen molar-refractivity contribution in [1.82, 2.24) is 4.72 Å². The van der Waals surface area contributed by atoms with Crippen LogP contribution in [0.2, 0.25) is 0 Å². The monoisotopic (exact) mass is 196 g/mol. The largest absolute Gasteiger partial charge is 0.393 e. The lowest BCUT2D eigenvalue weighted by Gasteiger charge is -2.01. The molecule has 0 aromatic carbocycles. The molecule has 0 unspecified atom stereocenters. The van der Waals surface area contributed by atoms with E-state index < -0.39 is 10.0 Å². The van der Waals surface area contributed by atoms with Crippen LogP contribution in [-0.4, -0.2) is 25.7 Å². The molecule has 0 spiro atoms. The standard InChI is InChI=1S/C5H12N2O2S2/c1-2-11(8,9)7-4-3-5(6)10/h7H,2-4H2,1H3,(H2,6,10). The molecule has 0 saturated carbocycles. The van der Waals surface area contributed by atoms with Crippen molar-refractivity contribution in [3.8, 4) is 0 Å². The van der Waals surface area contributed by atoms with Crippen LogP contribution in [0.4, 0.5) is 0 Å². The van der Waals surface area contributed by atoms with Crippen LogP contribution in [0.5, 0.6) is 0 Å². The highest BCUT2D eigenvalue weighted by Crippen LogP contribution is 1.83. The quantitative estimate of drug-likeness (QED) is 0.587. The van der Waals surface area contributed by atoms with Gasteiger partial charge in [-0.15, -0.1) is 0 Å². The van der Waals surface area contributed by atoms with Crippen LogP contribution < -0.4 is 10.5 Å². The molecule has 3 N–H and O–H groups in total. The summed E-state index contributed by atoms with van der Waals surface area (Å²) in [5, 5.41) is 0. The van der Waals surface area contributed by atoms with Gasteiger partial charge in [-0.25, -0.2) is 13.1 Å². The second-order valence-corrected chi connectivity index (χ2v) is 4.63. The van der Waals surface area contributed by atoms with E-state index in [-0.39, 0.29) is 5.75 Å². The highest BCUT2D eigenvalue weighted by Gasteiger charge is 2.04. The molecule has 66 valence electrons. The smallest absolute Gasteiger partial charge is 0.211 e. The summed E-state index contributed by atoms with van der Waals surface area (Å²) >= 11 is 4.56. The van der Waals surface area contributed by atoms with Gasteiger partial charge in [0.1, 0.15) is 0 Å². The maximum absolute atomic E-state index is 10.8. The zero-order valence-electron chi connectivity index (χ0n) is 6.33. The zero-order chi connectivity index (χ0) is 8.91. The van der Waals surface area contributed by atoms with Crippen molar-refractivity contribution < 1.29 is 8.42 Å². The van der Waals surface area contributed by atoms with E-state index in [1.807, 2.05) is 0 Å². The van der Waals surface area contributed by atoms with Crippen LogP contribution in [0.1, 0.15) is 13.3 Å². The SMILES string of the molecule is CCS(=O)(=O)NCCC(N)=S. The van der Waals surface area contributed by atoms with Gasteiger partial charge in [0.25, 0.3) is 0 Å². The van der Waals surface area contributed by atoms with Crippen LogP contribution in [0.25, 0.3) is 0 Å². The van der Waals surface area contributed by atoms with E-state index in [4.69, 9.17) is 5.73 Å². The Morgan fingerprint density at radius 2 is 2.18 bits per heavy atom. The first-order valence-electron chi connectivity index (χ1n) is 3.23. The Hall–Kier alpha value is -0.200. The molecule has 4 nitrogen and oxygen atoms in total. The van der Waals surface area contributed by atoms with Crippen LogP contribution in [0.3, 0.4) is 0 Å². The summed E-state index contributed by atoms with van der Waals surface area (Å²) in [7, 11) is -3.08. The molecule has 0 rings (SSSR count). The van der Waals surface area contributed by atoms with Gasteiger partial charge in [0.15, 0.2) is 0 Å². The van der Waals surface area contributed by atoms with Gasteiger partial charge in [-0.1, -0.05) is 12.2 Å². The summed E-state index contributed by atoms with van der Waals surface area (Å²) in [6, 6.07) is 0. The summed E-state index contributed by atoms with van der Waals surface area (Å²) in [6.07, 6.45) is 0.411. The summed E-state index contributed by atoms with van der Waals surface area (Å²) < 4.78 is 23.9. The fourth-order valence-corrected chi connectivity index (χ4v) is 1.15. The van der Waals surface area contributed by atoms with Gasteiger partial charge in [-0.05, 0) is 6.92 Å². The first-order valence-corrected chi connectivity index (χ1v) is 5.29. The summed E-state index contributed by atoms with van der Waals surface area (Å²) in [4.78, 5) is 0.323. The number of thiocarbonyl (C=S) groups is 1. The minimum atomic E-state index is -3.08. The minimum Gasteiger partial charge on any atom is -0.393 e. The van der Waals surface area contributed by atoms with E-state index in [0.717, 1.165) is 0 Å². The van der Waals surface area contributed by atoms with E-state index in [9.17, 15) is 8.42 Å². The van der Waals surface area contributed by atoms with Crippen molar-refractivity contribution in [1.29, 1.82) is 0 Å². The molecule has 0 aromatic heterocycles. The van der Waals surface area contributed by atoms with E-state index in [1.54, 1.807) is 6.92 Å². The van der Waals surface area contributed by atoms with Crippen molar-refractivity contribution in [2.24, 2.45) is 5.73 Å². The first-order chi connectivity index (χ1) is 4.98. The Morgan fingerprint density at radius 3 is 2.55 bits per heavy atom. The highest BCUT2D eigenvalue weighted by atomic mass is 32.2. The molecule has 11 heavy (non-hydrogen) atoms. The van der Waals surface area contributed by atoms with Gasteiger partial charge < -0.3 is 5.73 Å². The number of nitrogens with one attached hydrogen (secondary N) is 1. The predicted molar refractivity (Wildman–Crippen MR) is 48.9 cm³/mol. The Kier molecular flexibility index (Phi) is 4.55. The molecule has 0 amide bonds. The van der Waals surface area contributed by atoms with Gasteiger partial charge in [0.05, 0.1) is 10.7 Å². The van der Waals surface area contributed by atoms with Gasteiger partial charge in [-0.2, -0.15) is 0 Å². The van der Waals surface area contributed by atoms with E-state index in [0.29, 0.717) is 18.0 Å². The summed E-state index contributed by atoms with van der Waals surface area (Å²) in [5.74, 6) is 0.0876. The van der Waals surface area contributed by atoms with Crippen LogP contribution in [-0.2, 0) is 10.0 Å². The van der Waals surface area contributed by atoms with Gasteiger partial charge in [-0.3, -0.25) is 0 Å². The maximum Gasteiger partial charge on any atom is 0.211 e. The molecule has 6 heteroatoms. The third-order valence-electron chi connectivity index (χ3n) is 1.07. The highest BCUT2D eigenvalue weighted by molar-refractivity contribution is 7.89. The number of sulfonamides is 1. The Bertz CT molecular complexity index is 223. The summed E-state index contributed by atoms with van der Waals surface area (Å²) in [6.45, 7) is 1.87. The van der Waals surface area contributed by atoms with Gasteiger partial charge in [0, 0.05) is 13.0 Å². The van der Waals surface area contributed by atoms with Crippen molar-refractivity contribution >= 4 is 27.2 Å². The Morgan fingerprint density at radius 1 is 1.64 bits per heavy atom. The number of nitrogens with two attached hydrogens (primary N) is 1. The third kappa shape index (κ3) is 6.21. The molecule has 0 radical (unpaired) electrons. The third-order valence-corrected chi connectivity index (χ3v) is 2.68. The fourth-order valence-electron chi connectivity index (χ4n) is 0.432. The molecule has 0 aliphatic carbocycles. The molecule has 0 atom stereocenters. The average molecular weight is 196 g/mol. The van der Waals surface area contributed by atoms with Gasteiger partial charge in [0.2, 0.25) is 10.0 Å². The van der Waals surface area contributed by atoms with E-state index >= 15 is 0 Å². The lowest BCUT2D eigenvalue weighted by atomic mass is 10.4. The van der Waals surface area contributed by atoms with Crippen molar-refractivity contribution in [3.63, 3.8) is 0 Å². The predicted octanol–water partition coefficient (Wildman–Crippen LogP) is -0.398. The second-order valence-electron chi connectivity index (χ2n) is 2.01. The maximum atomic E-state index is 10.8. The molecular weight excluding hydrogens is 184 g/mol. The lowest BCUT2D eigenvalue weighted by molar-refractivity contribution is 0.584. The zero-order valence-corrected chi connectivity index (χ0v) is 7.96. The molecule has 0 saturated heterocycles. The molecule has 0 aliphatic rings. The van der Waals surface area contributed by atoms with E-state index in [1.165, 1.54) is 0 Å². The number of hydrogen-bond donors (Lipinski definition) is 2. The van der Waals surface area contributed by atoms with Crippen LogP contribution in [0.15, 0.2) is 0 Å². The van der Waals surface area contributed by atoms with Crippen LogP contribution in [0, 0.1) is 0 Å². The van der Waals surface area contributed by atoms with Crippen LogP contribution >= 0.6 is 12.2 Å². The molecule has 0 fully saturated rings. The lowest BCUT2D eigenvalue weighted by Crippen LogP contribution is -2.28. The topological polar surface area (TPSA) is 72.2 Å². The Balaban J connectivity index is 3.63. The molecule has 0 aliphatic heterocycles. The van der Waals surface area contributed by atoms with Gasteiger partial charge >= 0.3 is 0 Å². The number of rotatable bonds is 5. The normalized spacial score (nSPS) is 11.4.